The van der Waals surface area contributed by atoms with Crippen molar-refractivity contribution in [3.63, 3.8) is 0 Å². The molecule has 0 aromatic heterocycles. The van der Waals surface area contributed by atoms with Gasteiger partial charge in [-0.1, -0.05) is 18.2 Å². The summed E-state index contributed by atoms with van der Waals surface area (Å²) in [6.45, 7) is -3.52. The molecule has 0 spiro atoms. The van der Waals surface area contributed by atoms with Crippen LogP contribution in [0.3, 0.4) is 0 Å². The van der Waals surface area contributed by atoms with Crippen LogP contribution in [-0.2, 0) is 53.0 Å². The van der Waals surface area contributed by atoms with Gasteiger partial charge in [-0.2, -0.15) is 0 Å². The molecular weight excluding hydrogens is 532 g/mol. The minimum absolute atomic E-state index is 0. The molecule has 2 unspecified atom stereocenters. The minimum Gasteiger partial charge on any atom is -0.508 e. The van der Waals surface area contributed by atoms with E-state index in [1.807, 2.05) is 0 Å². The zero-order chi connectivity index (χ0) is 26.8. The Morgan fingerprint density at radius 2 is 1.14 bits per heavy atom. The van der Waals surface area contributed by atoms with Crippen molar-refractivity contribution in [3.05, 3.63) is 58.7 Å². The molecule has 2 aromatic rings. The first-order valence-electron chi connectivity index (χ1n) is 11.1. The number of rotatable bonds is 15. The molecule has 0 aliphatic heterocycles. The maximum absolute atomic E-state index is 11.6. The van der Waals surface area contributed by atoms with E-state index in [0.717, 1.165) is 0 Å². The normalized spacial score (nSPS) is 12.8. The number of aromatic hydroxyl groups is 2. The second kappa shape index (κ2) is 15.5. The van der Waals surface area contributed by atoms with Gasteiger partial charge in [0.25, 0.3) is 0 Å². The number of aliphatic hydroxyl groups excluding tert-OH is 4. The zero-order valence-corrected chi connectivity index (χ0v) is 21.0. The second-order valence-corrected chi connectivity index (χ2v) is 8.34. The SMILES string of the molecule is O=C(O)CN(Cc1ccc(CO)cc1O)C(CO)C(CO)N(CC(=O)O)Cc1cc(CO)ccc1O.[Fe+2]. The Balaban J connectivity index is 0.00000684. The molecule has 0 heterocycles. The van der Waals surface area contributed by atoms with Crippen LogP contribution in [-0.4, -0.2) is 101 Å². The van der Waals surface area contributed by atoms with Gasteiger partial charge >= 0.3 is 29.0 Å². The van der Waals surface area contributed by atoms with Crippen LogP contribution in [0.1, 0.15) is 22.3 Å². The molecule has 2 rings (SSSR count). The molecule has 0 radical (unpaired) electrons. The van der Waals surface area contributed by atoms with Crippen molar-refractivity contribution in [3.8, 4) is 11.5 Å². The monoisotopic (exact) mass is 564 g/mol. The van der Waals surface area contributed by atoms with Gasteiger partial charge in [-0.15, -0.1) is 0 Å². The number of aliphatic hydroxyl groups is 4. The Hall–Kier alpha value is -2.74. The smallest absolute Gasteiger partial charge is 0.508 e. The van der Waals surface area contributed by atoms with Crippen molar-refractivity contribution >= 4 is 11.9 Å². The molecule has 0 aliphatic carbocycles. The molecule has 0 saturated carbocycles. The Labute approximate surface area is 224 Å². The van der Waals surface area contributed by atoms with Crippen LogP contribution >= 0.6 is 0 Å². The number of carboxylic acid groups (broad SMARTS) is 2. The van der Waals surface area contributed by atoms with Gasteiger partial charge in [0.2, 0.25) is 0 Å². The third-order valence-electron chi connectivity index (χ3n) is 5.84. The summed E-state index contributed by atoms with van der Waals surface area (Å²) in [5.41, 5.74) is 1.46. The van der Waals surface area contributed by atoms with E-state index in [0.29, 0.717) is 16.7 Å². The van der Waals surface area contributed by atoms with Gasteiger partial charge in [0.15, 0.2) is 0 Å². The van der Waals surface area contributed by atoms with Crippen molar-refractivity contribution in [2.45, 2.75) is 38.4 Å². The van der Waals surface area contributed by atoms with Crippen LogP contribution in [0, 0.1) is 0 Å². The average molecular weight is 564 g/mol. The molecule has 8 N–H and O–H groups in total. The van der Waals surface area contributed by atoms with Crippen molar-refractivity contribution in [2.24, 2.45) is 0 Å². The zero-order valence-electron chi connectivity index (χ0n) is 19.9. The molecule has 0 aliphatic rings. The summed E-state index contributed by atoms with van der Waals surface area (Å²) < 4.78 is 0. The summed E-state index contributed by atoms with van der Waals surface area (Å²) in [6.07, 6.45) is 0. The van der Waals surface area contributed by atoms with Gasteiger partial charge in [-0.25, -0.2) is 0 Å². The maximum Gasteiger partial charge on any atom is 2.00 e. The van der Waals surface area contributed by atoms with E-state index < -0.39 is 50.3 Å². The van der Waals surface area contributed by atoms with Gasteiger partial charge < -0.3 is 40.9 Å². The summed E-state index contributed by atoms with van der Waals surface area (Å²) in [4.78, 5) is 25.8. The largest absolute Gasteiger partial charge is 2.00 e. The van der Waals surface area contributed by atoms with Crippen LogP contribution in [0.2, 0.25) is 0 Å². The van der Waals surface area contributed by atoms with E-state index in [1.54, 1.807) is 6.07 Å². The molecule has 13 heteroatoms. The molecule has 37 heavy (non-hydrogen) atoms. The van der Waals surface area contributed by atoms with Crippen molar-refractivity contribution in [2.75, 3.05) is 26.3 Å². The van der Waals surface area contributed by atoms with E-state index in [2.05, 4.69) is 0 Å². The molecule has 2 aromatic carbocycles. The number of aliphatic carboxylic acids is 2. The quantitative estimate of drug-likeness (QED) is 0.126. The average Bonchev–Trinajstić information content (AvgIpc) is 2.83. The van der Waals surface area contributed by atoms with Crippen LogP contribution in [0.25, 0.3) is 0 Å². The Morgan fingerprint density at radius 3 is 1.57 bits per heavy atom. The van der Waals surface area contributed by atoms with Gasteiger partial charge in [-0.05, 0) is 29.3 Å². The first-order valence-corrected chi connectivity index (χ1v) is 11.1. The summed E-state index contributed by atoms with van der Waals surface area (Å²) in [5.74, 6) is -2.89. The summed E-state index contributed by atoms with van der Waals surface area (Å²) in [7, 11) is 0. The predicted octanol–water partition coefficient (Wildman–Crippen LogP) is -0.725. The molecule has 204 valence electrons. The number of carbonyl (C=O) groups is 2. The van der Waals surface area contributed by atoms with Crippen molar-refractivity contribution < 1.29 is 67.5 Å². The van der Waals surface area contributed by atoms with Crippen LogP contribution in [0.4, 0.5) is 0 Å². The van der Waals surface area contributed by atoms with E-state index in [4.69, 9.17) is 0 Å². The van der Waals surface area contributed by atoms with Gasteiger partial charge in [0, 0.05) is 24.2 Å². The Kier molecular flexibility index (Phi) is 13.5. The fourth-order valence-electron chi connectivity index (χ4n) is 4.03. The number of hydrogen-bond acceptors (Lipinski definition) is 10. The minimum atomic E-state index is -1.26. The first-order chi connectivity index (χ1) is 17.1. The summed E-state index contributed by atoms with van der Waals surface area (Å²) in [5, 5.41) is 78.7. The molecule has 0 amide bonds. The van der Waals surface area contributed by atoms with E-state index in [1.165, 1.54) is 40.1 Å². The molecule has 0 saturated heterocycles. The van der Waals surface area contributed by atoms with Crippen LogP contribution in [0.15, 0.2) is 36.4 Å². The number of phenolic OH excluding ortho intramolecular Hbond substituents is 2. The van der Waals surface area contributed by atoms with Crippen LogP contribution in [0.5, 0.6) is 11.5 Å². The number of benzene rings is 2. The van der Waals surface area contributed by atoms with Crippen molar-refractivity contribution in [1.82, 2.24) is 9.80 Å². The maximum atomic E-state index is 11.6. The third kappa shape index (κ3) is 9.25. The van der Waals surface area contributed by atoms with E-state index in [-0.39, 0.29) is 60.4 Å². The Morgan fingerprint density at radius 1 is 0.676 bits per heavy atom. The van der Waals surface area contributed by atoms with Gasteiger partial charge in [0.1, 0.15) is 11.5 Å². The van der Waals surface area contributed by atoms with Gasteiger partial charge in [0.05, 0.1) is 51.6 Å². The summed E-state index contributed by atoms with van der Waals surface area (Å²) in [6, 6.07) is 6.47. The number of nitrogens with zero attached hydrogens (tertiary/aromatic N) is 2. The number of hydrogen-bond donors (Lipinski definition) is 8. The topological polar surface area (TPSA) is 202 Å². The predicted molar refractivity (Wildman–Crippen MR) is 126 cm³/mol. The molecule has 0 bridgehead atoms. The van der Waals surface area contributed by atoms with E-state index >= 15 is 0 Å². The second-order valence-electron chi connectivity index (χ2n) is 8.34. The molecular formula is C24H32FeN2O10+2. The molecule has 0 fully saturated rings. The molecule has 2 atom stereocenters. The number of phenols is 2. The Bertz CT molecular complexity index is 1040. The van der Waals surface area contributed by atoms with Crippen LogP contribution < -0.4 is 0 Å². The standard InChI is InChI=1S/C24H32N2O10.Fe/c27-11-15-2-4-21(31)18(5-15)8-26(10-24(35)36)20(14-30)19(13-29)25(9-23(33)34)7-17-3-1-16(12-28)6-22(17)32;/h1-6,19-20,27-32H,7-14H2,(H,33,34)(H,35,36);/q;+2. The molecule has 12 nitrogen and oxygen atoms in total. The fourth-order valence-corrected chi connectivity index (χ4v) is 4.03. The summed E-state index contributed by atoms with van der Waals surface area (Å²) >= 11 is 0. The third-order valence-corrected chi connectivity index (χ3v) is 5.84. The van der Waals surface area contributed by atoms with E-state index in [9.17, 15) is 50.4 Å². The van der Waals surface area contributed by atoms with Crippen molar-refractivity contribution in [1.29, 1.82) is 0 Å². The van der Waals surface area contributed by atoms with Gasteiger partial charge in [-0.3, -0.25) is 19.4 Å². The first kappa shape index (κ1) is 32.3. The number of carboxylic acids is 2. The fraction of sp³-hybridized carbons (Fsp3) is 0.417.